The van der Waals surface area contributed by atoms with Crippen molar-refractivity contribution in [2.45, 2.75) is 12.5 Å². The number of nitrogens with zero attached hydrogens (tertiary/aromatic N) is 4. The van der Waals surface area contributed by atoms with Gasteiger partial charge in [0.15, 0.2) is 5.65 Å². The van der Waals surface area contributed by atoms with Crippen molar-refractivity contribution in [1.29, 1.82) is 0 Å². The average molecular weight is 441 g/mol. The Morgan fingerprint density at radius 3 is 2.94 bits per heavy atom. The molecule has 0 spiro atoms. The van der Waals surface area contributed by atoms with Gasteiger partial charge in [0.2, 0.25) is 0 Å². The van der Waals surface area contributed by atoms with Crippen molar-refractivity contribution in [1.82, 2.24) is 24.5 Å². The van der Waals surface area contributed by atoms with Crippen LogP contribution in [0.5, 0.6) is 5.75 Å². The highest BCUT2D eigenvalue weighted by molar-refractivity contribution is 6.00. The summed E-state index contributed by atoms with van der Waals surface area (Å²) in [6, 6.07) is 13.9. The minimum Gasteiger partial charge on any atom is -0.497 e. The molecule has 164 valence electrons. The summed E-state index contributed by atoms with van der Waals surface area (Å²) in [5.74, 6) is -0.247. The molecule has 1 atom stereocenters. The van der Waals surface area contributed by atoms with Gasteiger partial charge in [-0.2, -0.15) is 5.10 Å². The number of carbonyl (C=O) groups is 1. The molecule has 33 heavy (non-hydrogen) atoms. The summed E-state index contributed by atoms with van der Waals surface area (Å²) in [5.41, 5.74) is 4.15. The number of methoxy groups -OCH3 is 1. The number of aromatic nitrogens is 4. The normalized spacial score (nSPS) is 15.7. The van der Waals surface area contributed by atoms with Crippen LogP contribution in [0.15, 0.2) is 67.1 Å². The van der Waals surface area contributed by atoms with Crippen LogP contribution in [0.4, 0.5) is 4.39 Å². The van der Waals surface area contributed by atoms with Gasteiger partial charge in [-0.15, -0.1) is 0 Å². The molecule has 0 fully saturated rings. The maximum atomic E-state index is 15.3. The number of nitrogens with one attached hydrogen (secondary N) is 1. The summed E-state index contributed by atoms with van der Waals surface area (Å²) in [6.45, 7) is 0.438. The van der Waals surface area contributed by atoms with E-state index in [4.69, 9.17) is 4.74 Å². The fourth-order valence-electron chi connectivity index (χ4n) is 4.77. The number of hydrogen-bond donors (Lipinski definition) is 1. The number of ether oxygens (including phenoxy) is 1. The lowest BCUT2D eigenvalue weighted by molar-refractivity contribution is 0.0691. The minimum atomic E-state index is -0.627. The highest BCUT2D eigenvalue weighted by atomic mass is 19.1. The first-order valence-electron chi connectivity index (χ1n) is 10.7. The van der Waals surface area contributed by atoms with Crippen molar-refractivity contribution < 1.29 is 13.9 Å². The number of amides is 1. The summed E-state index contributed by atoms with van der Waals surface area (Å²) >= 11 is 0. The van der Waals surface area contributed by atoms with E-state index in [2.05, 4.69) is 21.1 Å². The predicted molar refractivity (Wildman–Crippen MR) is 121 cm³/mol. The minimum absolute atomic E-state index is 0.242. The Balaban J connectivity index is 1.54. The monoisotopic (exact) mass is 441 g/mol. The lowest BCUT2D eigenvalue weighted by Crippen LogP contribution is -2.41. The number of halogens is 1. The van der Waals surface area contributed by atoms with E-state index in [1.165, 1.54) is 19.4 Å². The smallest absolute Gasteiger partial charge is 0.260 e. The van der Waals surface area contributed by atoms with E-state index in [1.54, 1.807) is 40.0 Å². The Labute approximate surface area is 188 Å². The highest BCUT2D eigenvalue weighted by Crippen LogP contribution is 2.40. The molecule has 0 radical (unpaired) electrons. The summed E-state index contributed by atoms with van der Waals surface area (Å²) < 4.78 is 22.1. The summed E-state index contributed by atoms with van der Waals surface area (Å²) in [7, 11) is 1.50. The lowest BCUT2D eigenvalue weighted by Gasteiger charge is -2.36. The second-order valence-corrected chi connectivity index (χ2v) is 8.05. The van der Waals surface area contributed by atoms with E-state index < -0.39 is 11.9 Å². The molecule has 1 amide bonds. The first-order valence-corrected chi connectivity index (χ1v) is 10.7. The summed E-state index contributed by atoms with van der Waals surface area (Å²) in [6.07, 6.45) is 5.55. The summed E-state index contributed by atoms with van der Waals surface area (Å²) in [4.78, 5) is 23.3. The first kappa shape index (κ1) is 19.5. The third kappa shape index (κ3) is 2.98. The van der Waals surface area contributed by atoms with Crippen molar-refractivity contribution in [3.05, 3.63) is 95.3 Å². The zero-order valence-corrected chi connectivity index (χ0v) is 17.8. The van der Waals surface area contributed by atoms with Crippen molar-refractivity contribution >= 4 is 22.5 Å². The Kier molecular flexibility index (Phi) is 4.39. The quantitative estimate of drug-likeness (QED) is 0.457. The second-order valence-electron chi connectivity index (χ2n) is 8.05. The molecular weight excluding hydrogens is 421 g/mol. The Morgan fingerprint density at radius 1 is 1.21 bits per heavy atom. The van der Waals surface area contributed by atoms with E-state index in [9.17, 15) is 4.79 Å². The van der Waals surface area contributed by atoms with Gasteiger partial charge in [0.1, 0.15) is 23.2 Å². The van der Waals surface area contributed by atoms with E-state index >= 15 is 4.39 Å². The first-order chi connectivity index (χ1) is 16.2. The van der Waals surface area contributed by atoms with Gasteiger partial charge in [0, 0.05) is 47.2 Å². The molecular formula is C25H20FN5O2. The van der Waals surface area contributed by atoms with Crippen LogP contribution in [0.3, 0.4) is 0 Å². The van der Waals surface area contributed by atoms with Crippen molar-refractivity contribution in [3.63, 3.8) is 0 Å². The van der Waals surface area contributed by atoms with E-state index in [1.807, 2.05) is 18.2 Å². The van der Waals surface area contributed by atoms with Crippen molar-refractivity contribution in [2.24, 2.45) is 0 Å². The molecule has 3 aromatic heterocycles. The fraction of sp³-hybridized carbons (Fsp3) is 0.160. The number of hydrogen-bond acceptors (Lipinski definition) is 4. The molecule has 1 unspecified atom stereocenters. The zero-order chi connectivity index (χ0) is 22.5. The van der Waals surface area contributed by atoms with Crippen LogP contribution in [0.2, 0.25) is 0 Å². The molecule has 1 aliphatic heterocycles. The van der Waals surface area contributed by atoms with Crippen LogP contribution in [0, 0.1) is 5.82 Å². The average Bonchev–Trinajstić information content (AvgIpc) is 3.45. The van der Waals surface area contributed by atoms with Crippen LogP contribution in [0.25, 0.3) is 16.6 Å². The number of H-pyrrole nitrogens is 1. The molecule has 7 nitrogen and oxygen atoms in total. The van der Waals surface area contributed by atoms with Gasteiger partial charge in [0.05, 0.1) is 13.3 Å². The van der Waals surface area contributed by atoms with Gasteiger partial charge < -0.3 is 14.6 Å². The zero-order valence-electron chi connectivity index (χ0n) is 17.8. The van der Waals surface area contributed by atoms with Crippen LogP contribution in [0.1, 0.15) is 33.2 Å². The van der Waals surface area contributed by atoms with E-state index in [0.717, 1.165) is 22.2 Å². The van der Waals surface area contributed by atoms with Crippen LogP contribution in [-0.2, 0) is 6.42 Å². The van der Waals surface area contributed by atoms with Gasteiger partial charge in [0.25, 0.3) is 5.91 Å². The number of carbonyl (C=O) groups excluding carboxylic acids is 1. The molecule has 2 aromatic carbocycles. The lowest BCUT2D eigenvalue weighted by atomic mass is 9.91. The molecule has 0 aliphatic carbocycles. The van der Waals surface area contributed by atoms with Crippen molar-refractivity contribution in [2.75, 3.05) is 13.7 Å². The van der Waals surface area contributed by atoms with Gasteiger partial charge in [-0.1, -0.05) is 18.2 Å². The number of aromatic amines is 1. The molecule has 8 heteroatoms. The van der Waals surface area contributed by atoms with E-state index in [0.29, 0.717) is 35.5 Å². The molecule has 6 rings (SSSR count). The van der Waals surface area contributed by atoms with Gasteiger partial charge >= 0.3 is 0 Å². The molecule has 0 bridgehead atoms. The van der Waals surface area contributed by atoms with E-state index in [-0.39, 0.29) is 5.91 Å². The third-order valence-corrected chi connectivity index (χ3v) is 6.31. The third-order valence-electron chi connectivity index (χ3n) is 6.31. The number of fused-ring (bicyclic) bond motifs is 4. The topological polar surface area (TPSA) is 75.5 Å². The Hall–Kier alpha value is -4.20. The molecule has 5 aromatic rings. The molecule has 0 saturated heterocycles. The van der Waals surface area contributed by atoms with Gasteiger partial charge in [-0.05, 0) is 36.2 Å². The molecule has 1 N–H and O–H groups in total. The fourth-order valence-corrected chi connectivity index (χ4v) is 4.77. The van der Waals surface area contributed by atoms with Crippen LogP contribution in [-0.4, -0.2) is 44.0 Å². The van der Waals surface area contributed by atoms with Crippen LogP contribution >= 0.6 is 0 Å². The molecule has 1 aliphatic rings. The SMILES string of the molecule is COc1ccc(C2c3[nH]c4ccccc4c3CCN2C(=O)c2cnn3cccnc23)c(F)c1. The number of benzene rings is 2. The van der Waals surface area contributed by atoms with Gasteiger partial charge in [-0.3, -0.25) is 4.79 Å². The Bertz CT molecular complexity index is 1520. The van der Waals surface area contributed by atoms with Gasteiger partial charge in [-0.25, -0.2) is 13.9 Å². The standard InChI is InChI=1S/C25H20FN5O2/c1-33-15-7-8-18(20(26)13-15)23-22-17(16-5-2-3-6-21(16)29-22)9-12-30(23)25(32)19-14-28-31-11-4-10-27-24(19)31/h2-8,10-11,13-14,23,29H,9,12H2,1H3. The maximum absolute atomic E-state index is 15.3. The maximum Gasteiger partial charge on any atom is 0.260 e. The highest BCUT2D eigenvalue weighted by Gasteiger charge is 2.37. The predicted octanol–water partition coefficient (Wildman–Crippen LogP) is 4.15. The number of para-hydroxylation sites is 1. The number of rotatable bonds is 3. The van der Waals surface area contributed by atoms with Crippen LogP contribution < -0.4 is 4.74 Å². The Morgan fingerprint density at radius 2 is 2.09 bits per heavy atom. The molecule has 0 saturated carbocycles. The second kappa shape index (κ2) is 7.44. The summed E-state index contributed by atoms with van der Waals surface area (Å²) in [5, 5.41) is 5.35. The largest absolute Gasteiger partial charge is 0.497 e. The van der Waals surface area contributed by atoms with Crippen molar-refractivity contribution in [3.8, 4) is 5.75 Å². The molecule has 4 heterocycles.